The van der Waals surface area contributed by atoms with Gasteiger partial charge in [-0.25, -0.2) is 0 Å². The average molecular weight is 487 g/mol. The number of nitrogens with one attached hydrogen (secondary N) is 2. The Morgan fingerprint density at radius 2 is 1.85 bits per heavy atom. The van der Waals surface area contributed by atoms with Gasteiger partial charge in [0, 0.05) is 44.8 Å². The highest BCUT2D eigenvalue weighted by Gasteiger charge is 2.07. The Bertz CT molecular complexity index is 767. The summed E-state index contributed by atoms with van der Waals surface area (Å²) < 4.78 is 0. The summed E-state index contributed by atoms with van der Waals surface area (Å²) in [5.41, 5.74) is 2.96. The zero-order chi connectivity index (χ0) is 18.2. The number of aliphatic imine (C=N–C) groups is 1. The van der Waals surface area contributed by atoms with E-state index in [1.807, 2.05) is 60.5 Å². The molecule has 1 amide bonds. The van der Waals surface area contributed by atoms with Crippen LogP contribution in [-0.2, 0) is 17.9 Å². The van der Waals surface area contributed by atoms with Crippen molar-refractivity contribution in [1.82, 2.24) is 10.2 Å². The van der Waals surface area contributed by atoms with Crippen LogP contribution in [0.4, 0.5) is 5.69 Å². The molecule has 2 N–H and O–H groups in total. The number of guanidine groups is 1. The molecule has 0 saturated carbocycles. The smallest absolute Gasteiger partial charge is 0.221 e. The maximum atomic E-state index is 11.2. The number of benzene rings is 2. The third kappa shape index (κ3) is 7.21. The Kier molecular flexibility index (Phi) is 9.43. The molecule has 0 bridgehead atoms. The molecule has 2 aromatic rings. The molecule has 0 radical (unpaired) electrons. The van der Waals surface area contributed by atoms with E-state index in [0.29, 0.717) is 13.1 Å². The average Bonchev–Trinajstić information content (AvgIpc) is 2.55. The molecule has 0 atom stereocenters. The van der Waals surface area contributed by atoms with Gasteiger partial charge in [0.15, 0.2) is 5.96 Å². The number of anilines is 1. The molecule has 0 heterocycles. The number of rotatable bonds is 5. The fourth-order valence-corrected chi connectivity index (χ4v) is 2.73. The van der Waals surface area contributed by atoms with Crippen molar-refractivity contribution in [2.75, 3.05) is 19.4 Å². The second kappa shape index (κ2) is 11.0. The lowest BCUT2D eigenvalue weighted by Crippen LogP contribution is -2.38. The topological polar surface area (TPSA) is 56.7 Å². The lowest BCUT2D eigenvalue weighted by Gasteiger charge is -2.22. The SMILES string of the molecule is CN=C(NCc1cccc(NC(C)=O)c1)N(C)Cc1cccc(Cl)c1.I. The molecule has 140 valence electrons. The minimum Gasteiger partial charge on any atom is -0.352 e. The largest absolute Gasteiger partial charge is 0.352 e. The van der Waals surface area contributed by atoms with Gasteiger partial charge in [0.2, 0.25) is 5.91 Å². The monoisotopic (exact) mass is 486 g/mol. The molecule has 0 saturated heterocycles. The van der Waals surface area contributed by atoms with Crippen molar-refractivity contribution in [3.05, 3.63) is 64.7 Å². The van der Waals surface area contributed by atoms with Gasteiger partial charge < -0.3 is 15.5 Å². The van der Waals surface area contributed by atoms with E-state index < -0.39 is 0 Å². The lowest BCUT2D eigenvalue weighted by atomic mass is 10.2. The normalized spacial score (nSPS) is 10.7. The lowest BCUT2D eigenvalue weighted by molar-refractivity contribution is -0.114. The van der Waals surface area contributed by atoms with Crippen LogP contribution in [0.2, 0.25) is 5.02 Å². The number of hydrogen-bond donors (Lipinski definition) is 2. The molecule has 2 aromatic carbocycles. The maximum absolute atomic E-state index is 11.2. The predicted octanol–water partition coefficient (Wildman–Crippen LogP) is 4.12. The van der Waals surface area contributed by atoms with Crippen LogP contribution in [0.3, 0.4) is 0 Å². The molecule has 0 spiro atoms. The van der Waals surface area contributed by atoms with Crippen LogP contribution >= 0.6 is 35.6 Å². The van der Waals surface area contributed by atoms with E-state index in [4.69, 9.17) is 11.6 Å². The first-order chi connectivity index (χ1) is 12.0. The van der Waals surface area contributed by atoms with Crippen molar-refractivity contribution >= 4 is 53.1 Å². The molecule has 5 nitrogen and oxygen atoms in total. The number of hydrogen-bond acceptors (Lipinski definition) is 2. The number of amides is 1. The summed E-state index contributed by atoms with van der Waals surface area (Å²) in [4.78, 5) is 17.5. The first-order valence-corrected chi connectivity index (χ1v) is 8.38. The van der Waals surface area contributed by atoms with Crippen LogP contribution < -0.4 is 10.6 Å². The van der Waals surface area contributed by atoms with E-state index in [-0.39, 0.29) is 29.9 Å². The van der Waals surface area contributed by atoms with Crippen LogP contribution in [0.1, 0.15) is 18.1 Å². The van der Waals surface area contributed by atoms with Crippen molar-refractivity contribution < 1.29 is 4.79 Å². The summed E-state index contributed by atoms with van der Waals surface area (Å²) in [7, 11) is 3.73. The summed E-state index contributed by atoms with van der Waals surface area (Å²) in [6, 6.07) is 15.5. The van der Waals surface area contributed by atoms with Gasteiger partial charge in [-0.15, -0.1) is 24.0 Å². The van der Waals surface area contributed by atoms with E-state index in [0.717, 1.165) is 27.8 Å². The summed E-state index contributed by atoms with van der Waals surface area (Å²) in [6.45, 7) is 2.81. The first kappa shape index (κ1) is 22.2. The standard InChI is InChI=1S/C19H23ClN4O.HI/c1-14(25)23-18-9-5-6-15(11-18)12-22-19(21-2)24(3)13-16-7-4-8-17(20)10-16;/h4-11H,12-13H2,1-3H3,(H,21,22)(H,23,25);1H. The molecular weight excluding hydrogens is 463 g/mol. The number of halogens is 2. The Morgan fingerprint density at radius 1 is 1.15 bits per heavy atom. The van der Waals surface area contributed by atoms with E-state index in [9.17, 15) is 4.79 Å². The second-order valence-electron chi connectivity index (χ2n) is 5.77. The molecule has 0 aliphatic carbocycles. The Hall–Kier alpha value is -1.80. The van der Waals surface area contributed by atoms with Gasteiger partial charge in [-0.2, -0.15) is 0 Å². The number of carbonyl (C=O) groups excluding carboxylic acids is 1. The molecule has 2 rings (SSSR count). The van der Waals surface area contributed by atoms with Crippen LogP contribution in [0.5, 0.6) is 0 Å². The molecule has 0 aliphatic heterocycles. The van der Waals surface area contributed by atoms with Crippen LogP contribution in [0.25, 0.3) is 0 Å². The predicted molar refractivity (Wildman–Crippen MR) is 119 cm³/mol. The van der Waals surface area contributed by atoms with E-state index in [1.54, 1.807) is 7.05 Å². The third-order valence-electron chi connectivity index (χ3n) is 3.58. The van der Waals surface area contributed by atoms with Crippen LogP contribution in [0, 0.1) is 0 Å². The third-order valence-corrected chi connectivity index (χ3v) is 3.82. The van der Waals surface area contributed by atoms with Gasteiger partial charge >= 0.3 is 0 Å². The first-order valence-electron chi connectivity index (χ1n) is 8.00. The molecular formula is C19H24ClIN4O. The van der Waals surface area contributed by atoms with Crippen molar-refractivity contribution in [3.63, 3.8) is 0 Å². The Labute approximate surface area is 176 Å². The van der Waals surface area contributed by atoms with Crippen LogP contribution in [0.15, 0.2) is 53.5 Å². The van der Waals surface area contributed by atoms with Crippen LogP contribution in [-0.4, -0.2) is 30.9 Å². The van der Waals surface area contributed by atoms with Gasteiger partial charge in [-0.3, -0.25) is 9.79 Å². The maximum Gasteiger partial charge on any atom is 0.221 e. The summed E-state index contributed by atoms with van der Waals surface area (Å²) in [5, 5.41) is 6.84. The fourth-order valence-electron chi connectivity index (χ4n) is 2.51. The molecule has 0 fully saturated rings. The van der Waals surface area contributed by atoms with Crippen molar-refractivity contribution in [1.29, 1.82) is 0 Å². The summed E-state index contributed by atoms with van der Waals surface area (Å²) >= 11 is 6.04. The van der Waals surface area contributed by atoms with E-state index in [1.165, 1.54) is 6.92 Å². The van der Waals surface area contributed by atoms with Crippen molar-refractivity contribution in [3.8, 4) is 0 Å². The molecule has 0 aliphatic rings. The molecule has 0 aromatic heterocycles. The second-order valence-corrected chi connectivity index (χ2v) is 6.20. The number of carbonyl (C=O) groups is 1. The van der Waals surface area contributed by atoms with Gasteiger partial charge in [0.1, 0.15) is 0 Å². The zero-order valence-electron chi connectivity index (χ0n) is 15.1. The minimum absolute atomic E-state index is 0. The van der Waals surface area contributed by atoms with E-state index >= 15 is 0 Å². The summed E-state index contributed by atoms with van der Waals surface area (Å²) in [5.74, 6) is 0.701. The van der Waals surface area contributed by atoms with Gasteiger partial charge in [0.05, 0.1) is 0 Å². The van der Waals surface area contributed by atoms with Gasteiger partial charge in [-0.1, -0.05) is 35.9 Å². The van der Waals surface area contributed by atoms with Gasteiger partial charge in [0.25, 0.3) is 0 Å². The van der Waals surface area contributed by atoms with Crippen molar-refractivity contribution in [2.24, 2.45) is 4.99 Å². The summed E-state index contributed by atoms with van der Waals surface area (Å²) in [6.07, 6.45) is 0. The quantitative estimate of drug-likeness (QED) is 0.380. The zero-order valence-corrected chi connectivity index (χ0v) is 18.2. The highest BCUT2D eigenvalue weighted by Crippen LogP contribution is 2.13. The van der Waals surface area contributed by atoms with Gasteiger partial charge in [-0.05, 0) is 35.4 Å². The highest BCUT2D eigenvalue weighted by molar-refractivity contribution is 14.0. The fraction of sp³-hybridized carbons (Fsp3) is 0.263. The molecule has 7 heteroatoms. The Morgan fingerprint density at radius 3 is 2.50 bits per heavy atom. The minimum atomic E-state index is -0.0813. The van der Waals surface area contributed by atoms with Crippen molar-refractivity contribution in [2.45, 2.75) is 20.0 Å². The molecule has 26 heavy (non-hydrogen) atoms. The van der Waals surface area contributed by atoms with E-state index in [2.05, 4.69) is 15.6 Å². The number of nitrogens with zero attached hydrogens (tertiary/aromatic N) is 2. The molecule has 0 unspecified atom stereocenters. The highest BCUT2D eigenvalue weighted by atomic mass is 127. The Balaban J connectivity index is 0.00000338.